The number of amides is 2. The number of hydrogen-bond donors (Lipinski definition) is 3. The lowest BCUT2D eigenvalue weighted by Crippen LogP contribution is -2.47. The molecule has 2 atom stereocenters. The van der Waals surface area contributed by atoms with Crippen LogP contribution in [0.1, 0.15) is 19.8 Å². The standard InChI is InChI=1S/C8H15N3O2/c1-5(4-9)10-8(13)6-2-3-7(12)11-6/h5-6H,2-4,9H2,1H3,(H,10,13)(H,11,12)/t5-,6?/m1/s1. The van der Waals surface area contributed by atoms with E-state index in [4.69, 9.17) is 5.73 Å². The summed E-state index contributed by atoms with van der Waals surface area (Å²) in [5, 5.41) is 5.30. The molecule has 0 aromatic rings. The van der Waals surface area contributed by atoms with E-state index in [1.165, 1.54) is 0 Å². The van der Waals surface area contributed by atoms with Crippen LogP contribution in [0.5, 0.6) is 0 Å². The van der Waals surface area contributed by atoms with Gasteiger partial charge < -0.3 is 16.4 Å². The van der Waals surface area contributed by atoms with Crippen molar-refractivity contribution in [2.75, 3.05) is 6.54 Å². The van der Waals surface area contributed by atoms with Crippen molar-refractivity contribution >= 4 is 11.8 Å². The van der Waals surface area contributed by atoms with Gasteiger partial charge >= 0.3 is 0 Å². The molecule has 1 saturated heterocycles. The molecule has 5 nitrogen and oxygen atoms in total. The van der Waals surface area contributed by atoms with Gasteiger partial charge in [0.1, 0.15) is 6.04 Å². The average molecular weight is 185 g/mol. The molecule has 1 heterocycles. The molecule has 1 aliphatic heterocycles. The highest BCUT2D eigenvalue weighted by atomic mass is 16.2. The highest BCUT2D eigenvalue weighted by Gasteiger charge is 2.27. The summed E-state index contributed by atoms with van der Waals surface area (Å²) in [4.78, 5) is 22.2. The Hall–Kier alpha value is -1.10. The van der Waals surface area contributed by atoms with Crippen LogP contribution in [0, 0.1) is 0 Å². The molecule has 13 heavy (non-hydrogen) atoms. The van der Waals surface area contributed by atoms with Gasteiger partial charge in [0.25, 0.3) is 0 Å². The van der Waals surface area contributed by atoms with Gasteiger partial charge in [-0.3, -0.25) is 9.59 Å². The summed E-state index contributed by atoms with van der Waals surface area (Å²) >= 11 is 0. The summed E-state index contributed by atoms with van der Waals surface area (Å²) in [6, 6.07) is -0.397. The summed E-state index contributed by atoms with van der Waals surface area (Å²) in [5.41, 5.74) is 5.34. The van der Waals surface area contributed by atoms with Gasteiger partial charge in [0.15, 0.2) is 0 Å². The monoisotopic (exact) mass is 185 g/mol. The van der Waals surface area contributed by atoms with Gasteiger partial charge in [0.2, 0.25) is 11.8 Å². The zero-order valence-electron chi connectivity index (χ0n) is 7.67. The molecule has 1 rings (SSSR count). The van der Waals surface area contributed by atoms with Gasteiger partial charge in [0.05, 0.1) is 0 Å². The second-order valence-electron chi connectivity index (χ2n) is 3.30. The summed E-state index contributed by atoms with van der Waals surface area (Å²) in [7, 11) is 0. The smallest absolute Gasteiger partial charge is 0.242 e. The predicted octanol–water partition coefficient (Wildman–Crippen LogP) is -1.27. The first-order valence-electron chi connectivity index (χ1n) is 4.43. The summed E-state index contributed by atoms with van der Waals surface area (Å²) in [5.74, 6) is -0.190. The maximum absolute atomic E-state index is 11.4. The fourth-order valence-corrected chi connectivity index (χ4v) is 1.21. The fraction of sp³-hybridized carbons (Fsp3) is 0.750. The predicted molar refractivity (Wildman–Crippen MR) is 47.8 cm³/mol. The van der Waals surface area contributed by atoms with Crippen LogP contribution in [0.3, 0.4) is 0 Å². The van der Waals surface area contributed by atoms with E-state index in [0.717, 1.165) is 0 Å². The summed E-state index contributed by atoms with van der Waals surface area (Å²) in [6.07, 6.45) is 1.02. The van der Waals surface area contributed by atoms with E-state index in [1.54, 1.807) is 0 Å². The van der Waals surface area contributed by atoms with Gasteiger partial charge in [-0.1, -0.05) is 0 Å². The van der Waals surface area contributed by atoms with E-state index in [1.807, 2.05) is 6.92 Å². The fourth-order valence-electron chi connectivity index (χ4n) is 1.21. The van der Waals surface area contributed by atoms with Crippen LogP contribution in [0.4, 0.5) is 0 Å². The molecule has 1 aliphatic rings. The van der Waals surface area contributed by atoms with Crippen molar-refractivity contribution in [3.05, 3.63) is 0 Å². The number of rotatable bonds is 3. The molecule has 0 saturated carbocycles. The van der Waals surface area contributed by atoms with Crippen LogP contribution < -0.4 is 16.4 Å². The molecular formula is C8H15N3O2. The SMILES string of the molecule is C[C@H](CN)NC(=O)C1CCC(=O)N1. The van der Waals surface area contributed by atoms with Crippen molar-refractivity contribution in [1.29, 1.82) is 0 Å². The van der Waals surface area contributed by atoms with E-state index in [-0.39, 0.29) is 23.9 Å². The number of carbonyl (C=O) groups excluding carboxylic acids is 2. The van der Waals surface area contributed by atoms with Crippen LogP contribution in [-0.2, 0) is 9.59 Å². The molecule has 0 radical (unpaired) electrons. The zero-order valence-corrected chi connectivity index (χ0v) is 7.67. The molecule has 0 aliphatic carbocycles. The summed E-state index contributed by atoms with van der Waals surface area (Å²) < 4.78 is 0. The first kappa shape index (κ1) is 9.98. The Kier molecular flexibility index (Phi) is 3.25. The van der Waals surface area contributed by atoms with Crippen molar-refractivity contribution in [3.63, 3.8) is 0 Å². The maximum Gasteiger partial charge on any atom is 0.242 e. The lowest BCUT2D eigenvalue weighted by atomic mass is 10.2. The van der Waals surface area contributed by atoms with Crippen molar-refractivity contribution in [2.24, 2.45) is 5.73 Å². The van der Waals surface area contributed by atoms with Crippen molar-refractivity contribution in [3.8, 4) is 0 Å². The minimum Gasteiger partial charge on any atom is -0.351 e. The average Bonchev–Trinajstić information content (AvgIpc) is 2.51. The van der Waals surface area contributed by atoms with E-state index in [2.05, 4.69) is 10.6 Å². The minimum absolute atomic E-state index is 0.0370. The lowest BCUT2D eigenvalue weighted by Gasteiger charge is -2.15. The largest absolute Gasteiger partial charge is 0.351 e. The molecule has 1 unspecified atom stereocenters. The molecular weight excluding hydrogens is 170 g/mol. The minimum atomic E-state index is -0.360. The van der Waals surface area contributed by atoms with Crippen LogP contribution >= 0.6 is 0 Å². The second kappa shape index (κ2) is 4.23. The quantitative estimate of drug-likeness (QED) is 0.512. The molecule has 0 spiro atoms. The van der Waals surface area contributed by atoms with Gasteiger partial charge in [-0.05, 0) is 13.3 Å². The first-order valence-corrected chi connectivity index (χ1v) is 4.43. The molecule has 4 N–H and O–H groups in total. The Morgan fingerprint density at radius 2 is 2.54 bits per heavy atom. The second-order valence-corrected chi connectivity index (χ2v) is 3.30. The number of nitrogens with one attached hydrogen (secondary N) is 2. The van der Waals surface area contributed by atoms with Gasteiger partial charge in [-0.2, -0.15) is 0 Å². The molecule has 1 fully saturated rings. The zero-order chi connectivity index (χ0) is 9.84. The number of hydrogen-bond acceptors (Lipinski definition) is 3. The van der Waals surface area contributed by atoms with Crippen LogP contribution in [-0.4, -0.2) is 30.4 Å². The summed E-state index contributed by atoms with van der Waals surface area (Å²) in [6.45, 7) is 2.24. The van der Waals surface area contributed by atoms with Gasteiger partial charge in [-0.15, -0.1) is 0 Å². The third kappa shape index (κ3) is 2.69. The van der Waals surface area contributed by atoms with Crippen LogP contribution in [0.15, 0.2) is 0 Å². The molecule has 0 aromatic carbocycles. The Labute approximate surface area is 77.1 Å². The lowest BCUT2D eigenvalue weighted by molar-refractivity contribution is -0.126. The van der Waals surface area contributed by atoms with Gasteiger partial charge in [-0.25, -0.2) is 0 Å². The van der Waals surface area contributed by atoms with E-state index < -0.39 is 0 Å². The Balaban J connectivity index is 2.35. The van der Waals surface area contributed by atoms with Crippen molar-refractivity contribution in [2.45, 2.75) is 31.8 Å². The Morgan fingerprint density at radius 1 is 1.85 bits per heavy atom. The normalized spacial score (nSPS) is 23.8. The first-order chi connectivity index (χ1) is 6.13. The highest BCUT2D eigenvalue weighted by molar-refractivity contribution is 5.90. The Morgan fingerprint density at radius 3 is 3.00 bits per heavy atom. The molecule has 2 amide bonds. The van der Waals surface area contributed by atoms with Crippen LogP contribution in [0.25, 0.3) is 0 Å². The maximum atomic E-state index is 11.4. The molecule has 5 heteroatoms. The Bertz CT molecular complexity index is 217. The molecule has 0 aromatic heterocycles. The number of nitrogens with two attached hydrogens (primary N) is 1. The molecule has 74 valence electrons. The van der Waals surface area contributed by atoms with Crippen molar-refractivity contribution in [1.82, 2.24) is 10.6 Å². The van der Waals surface area contributed by atoms with Gasteiger partial charge in [0, 0.05) is 19.0 Å². The van der Waals surface area contributed by atoms with Crippen LogP contribution in [0.2, 0.25) is 0 Å². The third-order valence-corrected chi connectivity index (χ3v) is 2.05. The molecule has 0 bridgehead atoms. The van der Waals surface area contributed by atoms with E-state index >= 15 is 0 Å². The van der Waals surface area contributed by atoms with E-state index in [0.29, 0.717) is 19.4 Å². The highest BCUT2D eigenvalue weighted by Crippen LogP contribution is 2.06. The topological polar surface area (TPSA) is 84.2 Å². The van der Waals surface area contributed by atoms with E-state index in [9.17, 15) is 9.59 Å². The van der Waals surface area contributed by atoms with Crippen molar-refractivity contribution < 1.29 is 9.59 Å². The number of carbonyl (C=O) groups is 2. The third-order valence-electron chi connectivity index (χ3n) is 2.05.